The van der Waals surface area contributed by atoms with Gasteiger partial charge in [0, 0.05) is 22.8 Å². The fourth-order valence-corrected chi connectivity index (χ4v) is 3.14. The van der Waals surface area contributed by atoms with Gasteiger partial charge >= 0.3 is 5.97 Å². The Morgan fingerprint density at radius 3 is 2.69 bits per heavy atom. The van der Waals surface area contributed by atoms with Gasteiger partial charge in [-0.1, -0.05) is 35.9 Å². The molecule has 1 atom stereocenters. The molecule has 0 unspecified atom stereocenters. The van der Waals surface area contributed by atoms with E-state index in [4.69, 9.17) is 16.3 Å². The third-order valence-electron chi connectivity index (χ3n) is 4.44. The lowest BCUT2D eigenvalue weighted by Crippen LogP contribution is -2.43. The summed E-state index contributed by atoms with van der Waals surface area (Å²) >= 11 is 5.87. The average molecular weight is 415 g/mol. The van der Waals surface area contributed by atoms with Gasteiger partial charge in [0.1, 0.15) is 0 Å². The molecule has 3 rings (SSSR count). The Bertz CT molecular complexity index is 975. The summed E-state index contributed by atoms with van der Waals surface area (Å²) in [6.45, 7) is 1.33. The van der Waals surface area contributed by atoms with Gasteiger partial charge in [-0.3, -0.25) is 24.1 Å². The Hall–Kier alpha value is -3.19. The topological polar surface area (TPSA) is 92.8 Å². The molecule has 0 radical (unpaired) electrons. The van der Waals surface area contributed by atoms with Crippen molar-refractivity contribution < 1.29 is 23.9 Å². The first-order valence-electron chi connectivity index (χ1n) is 9.03. The Morgan fingerprint density at radius 2 is 1.93 bits per heavy atom. The van der Waals surface area contributed by atoms with Crippen molar-refractivity contribution in [1.82, 2.24) is 4.90 Å². The highest BCUT2D eigenvalue weighted by molar-refractivity contribution is 6.30. The lowest BCUT2D eigenvalue weighted by atomic mass is 9.98. The second-order valence-corrected chi connectivity index (χ2v) is 7.00. The molecule has 2 aromatic carbocycles. The Morgan fingerprint density at radius 1 is 1.17 bits per heavy atom. The molecule has 0 spiro atoms. The number of rotatable bonds is 6. The number of halogens is 1. The summed E-state index contributed by atoms with van der Waals surface area (Å²) in [5, 5.41) is 3.06. The smallest absolute Gasteiger partial charge is 0.308 e. The normalized spacial score (nSPS) is 14.2. The van der Waals surface area contributed by atoms with E-state index in [1.165, 1.54) is 6.92 Å². The van der Waals surface area contributed by atoms with Crippen molar-refractivity contribution in [2.75, 3.05) is 11.9 Å². The summed E-state index contributed by atoms with van der Waals surface area (Å²) in [5.74, 6) is -2.00. The van der Waals surface area contributed by atoms with E-state index >= 15 is 0 Å². The minimum atomic E-state index is -1.05. The van der Waals surface area contributed by atoms with Gasteiger partial charge in [-0.15, -0.1) is 0 Å². The summed E-state index contributed by atoms with van der Waals surface area (Å²) in [4.78, 5) is 50.0. The van der Waals surface area contributed by atoms with Crippen molar-refractivity contribution in [2.24, 2.45) is 0 Å². The van der Waals surface area contributed by atoms with Crippen LogP contribution in [0.5, 0.6) is 0 Å². The predicted octanol–water partition coefficient (Wildman–Crippen LogP) is 2.83. The quantitative estimate of drug-likeness (QED) is 0.579. The van der Waals surface area contributed by atoms with Gasteiger partial charge in [-0.25, -0.2) is 0 Å². The number of fused-ring (bicyclic) bond motifs is 1. The van der Waals surface area contributed by atoms with Crippen LogP contribution in [0.3, 0.4) is 0 Å². The number of hydrogen-bond donors (Lipinski definition) is 1. The van der Waals surface area contributed by atoms with Gasteiger partial charge in [-0.2, -0.15) is 0 Å². The third-order valence-corrected chi connectivity index (χ3v) is 4.68. The van der Waals surface area contributed by atoms with E-state index in [0.29, 0.717) is 21.8 Å². The van der Waals surface area contributed by atoms with Crippen LogP contribution in [-0.2, 0) is 25.5 Å². The lowest BCUT2D eigenvalue weighted by Gasteiger charge is -2.26. The molecule has 0 aromatic heterocycles. The molecule has 1 aliphatic heterocycles. The van der Waals surface area contributed by atoms with Gasteiger partial charge < -0.3 is 10.1 Å². The molecule has 0 saturated carbocycles. The van der Waals surface area contributed by atoms with Gasteiger partial charge in [0.25, 0.3) is 11.8 Å². The molecule has 8 heteroatoms. The molecule has 0 bridgehead atoms. The zero-order valence-corrected chi connectivity index (χ0v) is 16.4. The summed E-state index contributed by atoms with van der Waals surface area (Å²) in [6.07, 6.45) is -1.14. The molecule has 29 heavy (non-hydrogen) atoms. The van der Waals surface area contributed by atoms with E-state index in [1.54, 1.807) is 48.5 Å². The Kier molecular flexibility index (Phi) is 6.29. The lowest BCUT2D eigenvalue weighted by molar-refractivity contribution is -0.153. The number of carbonyl (C=O) groups excluding carboxylic acids is 4. The number of nitrogens with zero attached hydrogens (tertiary/aromatic N) is 1. The molecule has 150 valence electrons. The molecule has 7 nitrogen and oxygen atoms in total. The molecular weight excluding hydrogens is 396 g/mol. The zero-order valence-electron chi connectivity index (χ0n) is 15.7. The number of nitrogens with one attached hydrogen (secondary N) is 1. The minimum Gasteiger partial charge on any atom is -0.452 e. The highest BCUT2D eigenvalue weighted by Crippen LogP contribution is 2.20. The molecule has 1 N–H and O–H groups in total. The number of imide groups is 1. The monoisotopic (exact) mass is 414 g/mol. The minimum absolute atomic E-state index is 0.104. The highest BCUT2D eigenvalue weighted by atomic mass is 35.5. The van der Waals surface area contributed by atoms with Crippen molar-refractivity contribution in [3.8, 4) is 0 Å². The van der Waals surface area contributed by atoms with Crippen LogP contribution in [0.2, 0.25) is 5.02 Å². The number of carbonyl (C=O) groups is 4. The summed E-state index contributed by atoms with van der Waals surface area (Å²) in [6, 6.07) is 13.4. The number of amides is 3. The first kappa shape index (κ1) is 20.5. The van der Waals surface area contributed by atoms with Crippen LogP contribution in [0.1, 0.15) is 29.3 Å². The standard InChI is InChI=1S/C21H19ClN2O5/c1-13(20(27)23-16-7-4-6-15(22)12-16)29-19(26)9-10-24-18(25)11-14-5-2-3-8-17(14)21(24)28/h2-8,12-13H,9-11H2,1H3,(H,23,27)/t13-/m0/s1. The van der Waals surface area contributed by atoms with E-state index in [2.05, 4.69) is 5.32 Å². The SMILES string of the molecule is C[C@H](OC(=O)CCN1C(=O)Cc2ccccc2C1=O)C(=O)Nc1cccc(Cl)c1. The first-order chi connectivity index (χ1) is 13.8. The van der Waals surface area contributed by atoms with Gasteiger partial charge in [0.2, 0.25) is 5.91 Å². The molecule has 1 heterocycles. The van der Waals surface area contributed by atoms with Crippen molar-refractivity contribution in [2.45, 2.75) is 25.9 Å². The third kappa shape index (κ3) is 5.00. The predicted molar refractivity (Wildman–Crippen MR) is 106 cm³/mol. The second kappa shape index (κ2) is 8.87. The first-order valence-corrected chi connectivity index (χ1v) is 9.41. The summed E-state index contributed by atoms with van der Waals surface area (Å²) in [7, 11) is 0. The number of ether oxygens (including phenoxy) is 1. The highest BCUT2D eigenvalue weighted by Gasteiger charge is 2.31. The maximum absolute atomic E-state index is 12.5. The molecule has 1 aliphatic rings. The van der Waals surface area contributed by atoms with Gasteiger partial charge in [-0.05, 0) is 36.8 Å². The molecule has 0 saturated heterocycles. The van der Waals surface area contributed by atoms with E-state index in [1.807, 2.05) is 0 Å². The zero-order chi connectivity index (χ0) is 21.0. The van der Waals surface area contributed by atoms with Crippen LogP contribution in [0.25, 0.3) is 0 Å². The summed E-state index contributed by atoms with van der Waals surface area (Å²) < 4.78 is 5.11. The fraction of sp³-hybridized carbons (Fsp3) is 0.238. The maximum Gasteiger partial charge on any atom is 0.308 e. The van der Waals surface area contributed by atoms with E-state index in [9.17, 15) is 19.2 Å². The molecular formula is C21H19ClN2O5. The Labute approximate surface area is 172 Å². The van der Waals surface area contributed by atoms with Crippen molar-refractivity contribution >= 4 is 41.0 Å². The van der Waals surface area contributed by atoms with E-state index < -0.39 is 23.9 Å². The Balaban J connectivity index is 1.52. The van der Waals surface area contributed by atoms with Crippen LogP contribution in [-0.4, -0.2) is 41.2 Å². The molecule has 0 aliphatic carbocycles. The largest absolute Gasteiger partial charge is 0.452 e. The number of hydrogen-bond acceptors (Lipinski definition) is 5. The van der Waals surface area contributed by atoms with Crippen LogP contribution in [0.15, 0.2) is 48.5 Å². The fourth-order valence-electron chi connectivity index (χ4n) is 2.95. The van der Waals surface area contributed by atoms with E-state index in [-0.39, 0.29) is 25.3 Å². The van der Waals surface area contributed by atoms with Crippen LogP contribution in [0.4, 0.5) is 5.69 Å². The van der Waals surface area contributed by atoms with Gasteiger partial charge in [0.05, 0.1) is 12.8 Å². The molecule has 2 aromatic rings. The second-order valence-electron chi connectivity index (χ2n) is 6.57. The maximum atomic E-state index is 12.5. The van der Waals surface area contributed by atoms with Crippen LogP contribution < -0.4 is 5.32 Å². The number of benzene rings is 2. The average Bonchev–Trinajstić information content (AvgIpc) is 2.67. The van der Waals surface area contributed by atoms with Crippen LogP contribution >= 0.6 is 11.6 Å². The van der Waals surface area contributed by atoms with Crippen molar-refractivity contribution in [1.29, 1.82) is 0 Å². The van der Waals surface area contributed by atoms with E-state index in [0.717, 1.165) is 4.90 Å². The van der Waals surface area contributed by atoms with Crippen molar-refractivity contribution in [3.63, 3.8) is 0 Å². The van der Waals surface area contributed by atoms with Gasteiger partial charge in [0.15, 0.2) is 6.10 Å². The van der Waals surface area contributed by atoms with Crippen LogP contribution in [0, 0.1) is 0 Å². The van der Waals surface area contributed by atoms with Crippen molar-refractivity contribution in [3.05, 3.63) is 64.7 Å². The molecule has 0 fully saturated rings. The summed E-state index contributed by atoms with van der Waals surface area (Å²) in [5.41, 5.74) is 1.61. The number of esters is 1. The number of anilines is 1. The molecule has 3 amide bonds.